The highest BCUT2D eigenvalue weighted by Gasteiger charge is 2.48. The lowest BCUT2D eigenvalue weighted by molar-refractivity contribution is -0.131. The quantitative estimate of drug-likeness (QED) is 0.704. The first-order valence-corrected chi connectivity index (χ1v) is 6.43. The maximum atomic E-state index is 12.1. The summed E-state index contributed by atoms with van der Waals surface area (Å²) in [5.74, 6) is 0.848. The van der Waals surface area contributed by atoms with Crippen LogP contribution in [-0.4, -0.2) is 17.5 Å². The minimum absolute atomic E-state index is 0.0149. The Morgan fingerprint density at radius 3 is 2.44 bits per heavy atom. The molecule has 0 amide bonds. The first-order chi connectivity index (χ1) is 7.66. The van der Waals surface area contributed by atoms with Crippen LogP contribution in [0.15, 0.2) is 12.7 Å². The molecule has 0 spiro atoms. The van der Waals surface area contributed by atoms with Crippen LogP contribution in [0.4, 0.5) is 0 Å². The summed E-state index contributed by atoms with van der Waals surface area (Å²) >= 11 is 0. The number of carbonyl (C=O) groups excluding carboxylic acids is 1. The normalized spacial score (nSPS) is 27.4. The highest BCUT2D eigenvalue weighted by Crippen LogP contribution is 2.46. The molecule has 0 unspecified atom stereocenters. The molecule has 0 aliphatic heterocycles. The molecule has 1 aliphatic rings. The highest BCUT2D eigenvalue weighted by atomic mass is 16.3. The Hall–Kier alpha value is -0.630. The van der Waals surface area contributed by atoms with Crippen LogP contribution >= 0.6 is 0 Å². The van der Waals surface area contributed by atoms with Gasteiger partial charge in [-0.1, -0.05) is 32.8 Å². The smallest absolute Gasteiger partial charge is 0.141 e. The zero-order chi connectivity index (χ0) is 12.2. The average molecular weight is 224 g/mol. The van der Waals surface area contributed by atoms with Gasteiger partial charge in [0, 0.05) is 6.42 Å². The Labute approximate surface area is 98.7 Å². The number of hydrogen-bond acceptors (Lipinski definition) is 2. The van der Waals surface area contributed by atoms with Crippen LogP contribution in [0.5, 0.6) is 0 Å². The third-order valence-corrected chi connectivity index (χ3v) is 4.31. The molecule has 0 saturated heterocycles. The van der Waals surface area contributed by atoms with Crippen molar-refractivity contribution in [2.24, 2.45) is 17.3 Å². The Morgan fingerprint density at radius 2 is 2.12 bits per heavy atom. The van der Waals surface area contributed by atoms with E-state index in [1.807, 2.05) is 6.08 Å². The fourth-order valence-corrected chi connectivity index (χ4v) is 3.24. The van der Waals surface area contributed by atoms with Crippen LogP contribution in [0.25, 0.3) is 0 Å². The molecule has 1 N–H and O–H groups in total. The zero-order valence-corrected chi connectivity index (χ0v) is 10.5. The summed E-state index contributed by atoms with van der Waals surface area (Å²) in [7, 11) is 0. The third kappa shape index (κ3) is 2.08. The van der Waals surface area contributed by atoms with Crippen molar-refractivity contribution in [2.75, 3.05) is 6.61 Å². The molecule has 0 bridgehead atoms. The van der Waals surface area contributed by atoms with Crippen LogP contribution in [0.1, 0.15) is 46.0 Å². The van der Waals surface area contributed by atoms with Crippen molar-refractivity contribution in [3.63, 3.8) is 0 Å². The van der Waals surface area contributed by atoms with Crippen LogP contribution in [0.2, 0.25) is 0 Å². The maximum absolute atomic E-state index is 12.1. The number of rotatable bonds is 6. The molecule has 2 heteroatoms. The molecule has 1 aliphatic carbocycles. The van der Waals surface area contributed by atoms with Crippen molar-refractivity contribution >= 4 is 5.78 Å². The minimum atomic E-state index is -0.515. The summed E-state index contributed by atoms with van der Waals surface area (Å²) in [5.41, 5.74) is -0.515. The topological polar surface area (TPSA) is 37.3 Å². The van der Waals surface area contributed by atoms with Gasteiger partial charge in [0.05, 0.1) is 12.0 Å². The van der Waals surface area contributed by atoms with E-state index in [0.717, 1.165) is 25.7 Å². The van der Waals surface area contributed by atoms with Crippen molar-refractivity contribution in [1.29, 1.82) is 0 Å². The molecule has 0 aromatic carbocycles. The molecule has 92 valence electrons. The van der Waals surface area contributed by atoms with Gasteiger partial charge >= 0.3 is 0 Å². The van der Waals surface area contributed by atoms with E-state index >= 15 is 0 Å². The number of carbonyl (C=O) groups is 1. The maximum Gasteiger partial charge on any atom is 0.141 e. The minimum Gasteiger partial charge on any atom is -0.395 e. The molecule has 0 radical (unpaired) electrons. The molecule has 0 aromatic rings. The molecule has 0 aromatic heterocycles. The van der Waals surface area contributed by atoms with E-state index in [9.17, 15) is 9.90 Å². The van der Waals surface area contributed by atoms with E-state index in [-0.39, 0.29) is 18.3 Å². The third-order valence-electron chi connectivity index (χ3n) is 4.31. The van der Waals surface area contributed by atoms with E-state index < -0.39 is 5.41 Å². The largest absolute Gasteiger partial charge is 0.395 e. The van der Waals surface area contributed by atoms with E-state index in [4.69, 9.17) is 0 Å². The lowest BCUT2D eigenvalue weighted by Crippen LogP contribution is -2.40. The second-order valence-corrected chi connectivity index (χ2v) is 4.93. The van der Waals surface area contributed by atoms with Gasteiger partial charge in [0.25, 0.3) is 0 Å². The molecule has 1 fully saturated rings. The fraction of sp³-hybridized carbons (Fsp3) is 0.786. The van der Waals surface area contributed by atoms with E-state index in [1.165, 1.54) is 0 Å². The number of aliphatic hydroxyl groups is 1. The second kappa shape index (κ2) is 5.62. The number of Topliss-reactive ketones (excluding diaryl/α,β-unsaturated/α-hetero) is 1. The SMILES string of the molecule is C=C[C@@H](C(CC)CC)[C@]1(CO)CCCC1=O. The number of allylic oxidation sites excluding steroid dienone is 1. The zero-order valence-electron chi connectivity index (χ0n) is 10.5. The standard InChI is InChI=1S/C14H24O2/c1-4-11(5-2)12(6-3)14(10-15)9-7-8-13(14)16/h6,11-12,15H,3-5,7-10H2,1-2H3/t12-,14+/m0/s1. The molecule has 0 heterocycles. The summed E-state index contributed by atoms with van der Waals surface area (Å²) in [6.07, 6.45) is 6.37. The first-order valence-electron chi connectivity index (χ1n) is 6.43. The monoisotopic (exact) mass is 224 g/mol. The Balaban J connectivity index is 2.99. The van der Waals surface area contributed by atoms with Gasteiger partial charge in [-0.15, -0.1) is 6.58 Å². The van der Waals surface area contributed by atoms with E-state index in [0.29, 0.717) is 12.3 Å². The lowest BCUT2D eigenvalue weighted by atomic mass is 9.66. The fourth-order valence-electron chi connectivity index (χ4n) is 3.24. The molecular formula is C14H24O2. The predicted molar refractivity (Wildman–Crippen MR) is 66.1 cm³/mol. The van der Waals surface area contributed by atoms with E-state index in [1.54, 1.807) is 0 Å². The van der Waals surface area contributed by atoms with Crippen LogP contribution in [-0.2, 0) is 4.79 Å². The van der Waals surface area contributed by atoms with Gasteiger partial charge in [-0.05, 0) is 24.7 Å². The highest BCUT2D eigenvalue weighted by molar-refractivity contribution is 5.87. The van der Waals surface area contributed by atoms with Crippen LogP contribution in [0, 0.1) is 17.3 Å². The summed E-state index contributed by atoms with van der Waals surface area (Å²) in [4.78, 5) is 12.1. The summed E-state index contributed by atoms with van der Waals surface area (Å²) < 4.78 is 0. The molecule has 2 nitrogen and oxygen atoms in total. The van der Waals surface area contributed by atoms with Gasteiger partial charge in [0.15, 0.2) is 0 Å². The van der Waals surface area contributed by atoms with Gasteiger partial charge in [-0.3, -0.25) is 4.79 Å². The van der Waals surface area contributed by atoms with Crippen molar-refractivity contribution in [2.45, 2.75) is 46.0 Å². The Kier molecular flexibility index (Phi) is 4.72. The summed E-state index contributed by atoms with van der Waals surface area (Å²) in [5, 5.41) is 9.66. The first kappa shape index (κ1) is 13.4. The number of aliphatic hydroxyl groups excluding tert-OH is 1. The van der Waals surface area contributed by atoms with Gasteiger partial charge in [-0.25, -0.2) is 0 Å². The molecule has 1 saturated carbocycles. The molecule has 2 atom stereocenters. The summed E-state index contributed by atoms with van der Waals surface area (Å²) in [6.45, 7) is 8.17. The molecular weight excluding hydrogens is 200 g/mol. The van der Waals surface area contributed by atoms with E-state index in [2.05, 4.69) is 20.4 Å². The van der Waals surface area contributed by atoms with Crippen molar-refractivity contribution in [1.82, 2.24) is 0 Å². The van der Waals surface area contributed by atoms with Gasteiger partial charge in [0.2, 0.25) is 0 Å². The second-order valence-electron chi connectivity index (χ2n) is 4.93. The number of ketones is 1. The van der Waals surface area contributed by atoms with Gasteiger partial charge in [0.1, 0.15) is 5.78 Å². The molecule has 16 heavy (non-hydrogen) atoms. The average Bonchev–Trinajstić information content (AvgIpc) is 2.68. The van der Waals surface area contributed by atoms with Crippen molar-refractivity contribution in [3.05, 3.63) is 12.7 Å². The molecule has 1 rings (SSSR count). The van der Waals surface area contributed by atoms with Gasteiger partial charge in [-0.2, -0.15) is 0 Å². The van der Waals surface area contributed by atoms with Gasteiger partial charge < -0.3 is 5.11 Å². The van der Waals surface area contributed by atoms with Crippen molar-refractivity contribution < 1.29 is 9.90 Å². The lowest BCUT2D eigenvalue weighted by Gasteiger charge is -2.37. The Morgan fingerprint density at radius 1 is 1.50 bits per heavy atom. The predicted octanol–water partition coefficient (Wildman–Crippen LogP) is 2.96. The van der Waals surface area contributed by atoms with Crippen LogP contribution < -0.4 is 0 Å². The van der Waals surface area contributed by atoms with Crippen LogP contribution in [0.3, 0.4) is 0 Å². The van der Waals surface area contributed by atoms with Crippen molar-refractivity contribution in [3.8, 4) is 0 Å². The summed E-state index contributed by atoms with van der Waals surface area (Å²) in [6, 6.07) is 0. The number of hydrogen-bond donors (Lipinski definition) is 1. The Bertz CT molecular complexity index is 255.